The van der Waals surface area contributed by atoms with Gasteiger partial charge in [0, 0.05) is 22.7 Å². The number of nitrogens with one attached hydrogen (secondary N) is 1. The van der Waals surface area contributed by atoms with E-state index in [0.717, 1.165) is 17.1 Å². The molecule has 1 N–H and O–H groups in total. The number of aromatic nitrogens is 3. The first kappa shape index (κ1) is 20.3. The van der Waals surface area contributed by atoms with Crippen LogP contribution in [0.5, 0.6) is 0 Å². The van der Waals surface area contributed by atoms with E-state index in [4.69, 9.17) is 0 Å². The third-order valence-corrected chi connectivity index (χ3v) is 6.15. The Labute approximate surface area is 182 Å². The zero-order chi connectivity index (χ0) is 20.9. The number of carbonyl (C=O) groups excluding carboxylic acids is 1. The van der Waals surface area contributed by atoms with Gasteiger partial charge in [-0.2, -0.15) is 0 Å². The maximum absolute atomic E-state index is 13.3. The summed E-state index contributed by atoms with van der Waals surface area (Å²) in [6, 6.07) is 18.0. The molecular formula is C22H19FN4OS2. The third-order valence-electron chi connectivity index (χ3n) is 4.35. The number of aryl methyl sites for hydroxylation is 1. The minimum atomic E-state index is -0.391. The molecule has 0 saturated carbocycles. The number of amides is 1. The molecule has 5 nitrogen and oxygen atoms in total. The van der Waals surface area contributed by atoms with Crippen molar-refractivity contribution >= 4 is 34.7 Å². The number of anilines is 1. The van der Waals surface area contributed by atoms with E-state index in [-0.39, 0.29) is 11.7 Å². The van der Waals surface area contributed by atoms with Gasteiger partial charge in [-0.1, -0.05) is 41.6 Å². The fourth-order valence-corrected chi connectivity index (χ4v) is 4.40. The first-order valence-electron chi connectivity index (χ1n) is 9.30. The van der Waals surface area contributed by atoms with E-state index < -0.39 is 5.82 Å². The van der Waals surface area contributed by atoms with Gasteiger partial charge in [0.1, 0.15) is 11.6 Å². The van der Waals surface area contributed by atoms with Gasteiger partial charge in [0.25, 0.3) is 0 Å². The molecule has 0 unspecified atom stereocenters. The van der Waals surface area contributed by atoms with Gasteiger partial charge in [0.2, 0.25) is 5.91 Å². The molecule has 0 aliphatic rings. The Morgan fingerprint density at radius 3 is 2.70 bits per heavy atom. The molecule has 0 atom stereocenters. The Hall–Kier alpha value is -2.97. The molecule has 4 rings (SSSR count). The summed E-state index contributed by atoms with van der Waals surface area (Å²) in [5, 5.41) is 14.1. The first-order chi connectivity index (χ1) is 14.6. The fourth-order valence-electron chi connectivity index (χ4n) is 2.92. The average Bonchev–Trinajstić information content (AvgIpc) is 3.37. The molecule has 8 heteroatoms. The van der Waals surface area contributed by atoms with E-state index in [1.807, 2.05) is 47.2 Å². The smallest absolute Gasteiger partial charge is 0.234 e. The average molecular weight is 439 g/mol. The largest absolute Gasteiger partial charge is 0.325 e. The van der Waals surface area contributed by atoms with Crippen molar-refractivity contribution in [1.82, 2.24) is 14.8 Å². The monoisotopic (exact) mass is 438 g/mol. The normalized spacial score (nSPS) is 10.9. The van der Waals surface area contributed by atoms with E-state index in [1.54, 1.807) is 23.5 Å². The van der Waals surface area contributed by atoms with Crippen LogP contribution in [0, 0.1) is 12.7 Å². The number of benzene rings is 2. The molecule has 1 amide bonds. The Kier molecular flexibility index (Phi) is 6.25. The lowest BCUT2D eigenvalue weighted by molar-refractivity contribution is -0.113. The zero-order valence-corrected chi connectivity index (χ0v) is 17.8. The number of rotatable bonds is 7. The number of hydrogen-bond acceptors (Lipinski definition) is 5. The summed E-state index contributed by atoms with van der Waals surface area (Å²) in [7, 11) is 0. The van der Waals surface area contributed by atoms with Gasteiger partial charge in [0.05, 0.1) is 5.75 Å². The van der Waals surface area contributed by atoms with E-state index >= 15 is 0 Å². The predicted octanol–water partition coefficient (Wildman–Crippen LogP) is 5.10. The molecule has 2 aromatic carbocycles. The van der Waals surface area contributed by atoms with Crippen LogP contribution in [0.2, 0.25) is 0 Å². The highest BCUT2D eigenvalue weighted by molar-refractivity contribution is 7.99. The predicted molar refractivity (Wildman–Crippen MR) is 119 cm³/mol. The number of carbonyl (C=O) groups is 1. The summed E-state index contributed by atoms with van der Waals surface area (Å²) < 4.78 is 15.3. The Morgan fingerprint density at radius 1 is 1.13 bits per heavy atom. The molecule has 4 aromatic rings. The maximum atomic E-state index is 13.3. The van der Waals surface area contributed by atoms with Gasteiger partial charge in [-0.3, -0.25) is 9.36 Å². The molecule has 2 heterocycles. The lowest BCUT2D eigenvalue weighted by atomic mass is 10.2. The van der Waals surface area contributed by atoms with Gasteiger partial charge in [-0.25, -0.2) is 4.39 Å². The Morgan fingerprint density at radius 2 is 1.97 bits per heavy atom. The first-order valence-corrected chi connectivity index (χ1v) is 11.2. The van der Waals surface area contributed by atoms with Crippen LogP contribution in [-0.4, -0.2) is 26.4 Å². The molecule has 0 saturated heterocycles. The Balaban J connectivity index is 1.54. The van der Waals surface area contributed by atoms with Crippen LogP contribution >= 0.6 is 23.1 Å². The zero-order valence-electron chi connectivity index (χ0n) is 16.2. The lowest BCUT2D eigenvalue weighted by Gasteiger charge is -2.10. The van der Waals surface area contributed by atoms with Gasteiger partial charge in [-0.05, 0) is 48.7 Å². The standard InChI is InChI=1S/C22H19FN4OS2/c1-15-7-9-18(10-8-15)27-20(13-19-6-3-11-29-19)25-26-22(27)30-14-21(28)24-17-5-2-4-16(23)12-17/h2-12H,13-14H2,1H3,(H,24,28). The lowest BCUT2D eigenvalue weighted by Crippen LogP contribution is -2.14. The highest BCUT2D eigenvalue weighted by Gasteiger charge is 2.17. The van der Waals surface area contributed by atoms with Crippen molar-refractivity contribution in [2.75, 3.05) is 11.1 Å². The summed E-state index contributed by atoms with van der Waals surface area (Å²) >= 11 is 2.97. The van der Waals surface area contributed by atoms with Crippen molar-refractivity contribution in [2.24, 2.45) is 0 Å². The molecular weight excluding hydrogens is 419 g/mol. The van der Waals surface area contributed by atoms with Crippen molar-refractivity contribution in [1.29, 1.82) is 0 Å². The van der Waals surface area contributed by atoms with Gasteiger partial charge < -0.3 is 5.32 Å². The summed E-state index contributed by atoms with van der Waals surface area (Å²) in [6.07, 6.45) is 0.661. The second-order valence-corrected chi connectivity index (χ2v) is 8.65. The summed E-state index contributed by atoms with van der Waals surface area (Å²) in [4.78, 5) is 13.5. The van der Waals surface area contributed by atoms with E-state index in [1.165, 1.54) is 28.8 Å². The van der Waals surface area contributed by atoms with Crippen LogP contribution in [0.25, 0.3) is 5.69 Å². The number of hydrogen-bond donors (Lipinski definition) is 1. The topological polar surface area (TPSA) is 59.8 Å². The second kappa shape index (κ2) is 9.23. The van der Waals surface area contributed by atoms with Crippen molar-refractivity contribution in [3.05, 3.63) is 88.1 Å². The highest BCUT2D eigenvalue weighted by Crippen LogP contribution is 2.25. The maximum Gasteiger partial charge on any atom is 0.234 e. The van der Waals surface area contributed by atoms with Crippen LogP contribution in [0.1, 0.15) is 16.3 Å². The third kappa shape index (κ3) is 4.95. The number of thiophene rings is 1. The van der Waals surface area contributed by atoms with Crippen molar-refractivity contribution in [3.8, 4) is 5.69 Å². The fraction of sp³-hybridized carbons (Fsp3) is 0.136. The number of thioether (sulfide) groups is 1. The molecule has 0 aliphatic carbocycles. The van der Waals surface area contributed by atoms with Crippen molar-refractivity contribution < 1.29 is 9.18 Å². The van der Waals surface area contributed by atoms with Crippen molar-refractivity contribution in [3.63, 3.8) is 0 Å². The van der Waals surface area contributed by atoms with Crippen LogP contribution in [-0.2, 0) is 11.2 Å². The van der Waals surface area contributed by atoms with Crippen LogP contribution in [0.4, 0.5) is 10.1 Å². The summed E-state index contributed by atoms with van der Waals surface area (Å²) in [5.41, 5.74) is 2.54. The highest BCUT2D eigenvalue weighted by atomic mass is 32.2. The molecule has 2 aromatic heterocycles. The van der Waals surface area contributed by atoms with E-state index in [9.17, 15) is 9.18 Å². The molecule has 0 spiro atoms. The summed E-state index contributed by atoms with van der Waals surface area (Å²) in [5.74, 6) is 0.329. The Bertz CT molecular complexity index is 1140. The quantitative estimate of drug-likeness (QED) is 0.408. The summed E-state index contributed by atoms with van der Waals surface area (Å²) in [6.45, 7) is 2.04. The number of halogens is 1. The molecule has 152 valence electrons. The van der Waals surface area contributed by atoms with Gasteiger partial charge >= 0.3 is 0 Å². The second-order valence-electron chi connectivity index (χ2n) is 6.67. The molecule has 0 fully saturated rings. The van der Waals surface area contributed by atoms with Crippen molar-refractivity contribution in [2.45, 2.75) is 18.5 Å². The van der Waals surface area contributed by atoms with Crippen LogP contribution in [0.15, 0.2) is 71.2 Å². The van der Waals surface area contributed by atoms with Gasteiger partial charge in [0.15, 0.2) is 5.16 Å². The molecule has 0 radical (unpaired) electrons. The van der Waals surface area contributed by atoms with Crippen LogP contribution < -0.4 is 5.32 Å². The van der Waals surface area contributed by atoms with E-state index in [2.05, 4.69) is 21.6 Å². The molecule has 0 bridgehead atoms. The van der Waals surface area contributed by atoms with Gasteiger partial charge in [-0.15, -0.1) is 21.5 Å². The van der Waals surface area contributed by atoms with E-state index in [0.29, 0.717) is 17.3 Å². The van der Waals surface area contributed by atoms with Crippen LogP contribution in [0.3, 0.4) is 0 Å². The minimum absolute atomic E-state index is 0.138. The molecule has 30 heavy (non-hydrogen) atoms. The minimum Gasteiger partial charge on any atom is -0.325 e. The SMILES string of the molecule is Cc1ccc(-n2c(Cc3cccs3)nnc2SCC(=O)Nc2cccc(F)c2)cc1. The number of nitrogens with zero attached hydrogens (tertiary/aromatic N) is 3. The molecule has 0 aliphatic heterocycles.